The van der Waals surface area contributed by atoms with Crippen LogP contribution in [-0.2, 0) is 4.74 Å². The molecule has 9 nitrogen and oxygen atoms in total. The zero-order valence-electron chi connectivity index (χ0n) is 23.0. The monoisotopic (exact) mass is 545 g/mol. The maximum atomic E-state index is 13.4. The summed E-state index contributed by atoms with van der Waals surface area (Å²) in [7, 11) is 0. The molecule has 0 unspecified atom stereocenters. The number of nitrogens with two attached hydrogens (primary N) is 1. The third-order valence-corrected chi connectivity index (χ3v) is 5.59. The van der Waals surface area contributed by atoms with Crippen molar-refractivity contribution in [2.24, 2.45) is 0 Å². The highest BCUT2D eigenvalue weighted by Crippen LogP contribution is 2.40. The molecule has 0 atom stereocenters. The number of rotatable bonds is 13. The van der Waals surface area contributed by atoms with Crippen LogP contribution in [0.3, 0.4) is 0 Å². The smallest absolute Gasteiger partial charge is 0.338 e. The highest BCUT2D eigenvalue weighted by Gasteiger charge is 2.24. The van der Waals surface area contributed by atoms with Crippen molar-refractivity contribution in [1.29, 1.82) is 0 Å². The van der Waals surface area contributed by atoms with Gasteiger partial charge in [0.2, 0.25) is 0 Å². The topological polar surface area (TPSA) is 129 Å². The van der Waals surface area contributed by atoms with Gasteiger partial charge in [-0.3, -0.25) is 9.59 Å². The second-order valence-electron chi connectivity index (χ2n) is 9.18. The molecule has 0 radical (unpaired) electrons. The van der Waals surface area contributed by atoms with Gasteiger partial charge in [0.15, 0.2) is 11.5 Å². The number of nitrogen functional groups attached to an aromatic ring is 1. The first-order valence-corrected chi connectivity index (χ1v) is 13.1. The number of anilines is 3. The second kappa shape index (κ2) is 14.4. The zero-order valence-corrected chi connectivity index (χ0v) is 23.0. The van der Waals surface area contributed by atoms with Crippen LogP contribution in [0.5, 0.6) is 11.5 Å². The van der Waals surface area contributed by atoms with E-state index in [2.05, 4.69) is 17.2 Å². The Kier molecular flexibility index (Phi) is 10.7. The van der Waals surface area contributed by atoms with Crippen molar-refractivity contribution >= 4 is 34.8 Å². The average Bonchev–Trinajstić information content (AvgIpc) is 2.93. The van der Waals surface area contributed by atoms with E-state index in [0.717, 1.165) is 12.8 Å². The lowest BCUT2D eigenvalue weighted by atomic mass is 10.1. The molecular weight excluding hydrogens is 510 g/mol. The fraction of sp³-hybridized carbons (Fsp3) is 0.258. The van der Waals surface area contributed by atoms with E-state index in [1.165, 1.54) is 0 Å². The largest absolute Gasteiger partial charge is 0.485 e. The highest BCUT2D eigenvalue weighted by atomic mass is 16.5. The summed E-state index contributed by atoms with van der Waals surface area (Å²) < 4.78 is 17.1. The van der Waals surface area contributed by atoms with Gasteiger partial charge < -0.3 is 30.6 Å². The summed E-state index contributed by atoms with van der Waals surface area (Å²) in [5.41, 5.74) is 8.05. The van der Waals surface area contributed by atoms with Crippen molar-refractivity contribution in [3.8, 4) is 11.5 Å². The van der Waals surface area contributed by atoms with Crippen LogP contribution in [-0.4, -0.2) is 37.1 Å². The van der Waals surface area contributed by atoms with E-state index < -0.39 is 11.9 Å². The Hall–Kier alpha value is -4.79. The van der Waals surface area contributed by atoms with Crippen LogP contribution < -0.4 is 25.8 Å². The number of ether oxygens (including phenoxy) is 3. The summed E-state index contributed by atoms with van der Waals surface area (Å²) >= 11 is 0. The minimum absolute atomic E-state index is 0.0962. The number of carbonyl (C=O) groups is 3. The molecule has 4 N–H and O–H groups in total. The predicted octanol–water partition coefficient (Wildman–Crippen LogP) is 6.08. The molecule has 3 rings (SSSR count). The lowest BCUT2D eigenvalue weighted by molar-refractivity contribution is 0.0499. The van der Waals surface area contributed by atoms with Crippen molar-refractivity contribution in [1.82, 2.24) is 0 Å². The van der Waals surface area contributed by atoms with Gasteiger partial charge in [0.05, 0.1) is 29.5 Å². The number of amides is 2. The van der Waals surface area contributed by atoms with Crippen LogP contribution in [0.2, 0.25) is 0 Å². The van der Waals surface area contributed by atoms with Gasteiger partial charge in [0.25, 0.3) is 11.8 Å². The normalized spacial score (nSPS) is 10.5. The summed E-state index contributed by atoms with van der Waals surface area (Å²) in [6.45, 7) is 9.81. The van der Waals surface area contributed by atoms with Gasteiger partial charge >= 0.3 is 5.97 Å². The predicted molar refractivity (Wildman–Crippen MR) is 156 cm³/mol. The maximum Gasteiger partial charge on any atom is 0.338 e. The molecule has 0 aliphatic carbocycles. The Bertz CT molecular complexity index is 1330. The third kappa shape index (κ3) is 8.10. The van der Waals surface area contributed by atoms with Crippen molar-refractivity contribution in [3.05, 3.63) is 90.0 Å². The molecule has 3 aromatic rings. The van der Waals surface area contributed by atoms with Crippen LogP contribution in [0.4, 0.5) is 17.1 Å². The molecule has 0 aliphatic rings. The number of hydrogen-bond acceptors (Lipinski definition) is 7. The van der Waals surface area contributed by atoms with E-state index in [0.29, 0.717) is 34.8 Å². The first-order valence-electron chi connectivity index (χ1n) is 13.1. The molecule has 2 amide bonds. The van der Waals surface area contributed by atoms with Gasteiger partial charge in [-0.15, -0.1) is 0 Å². The van der Waals surface area contributed by atoms with Gasteiger partial charge in [-0.1, -0.05) is 26.0 Å². The molecule has 0 heterocycles. The molecule has 3 aromatic carbocycles. The van der Waals surface area contributed by atoms with Crippen molar-refractivity contribution in [2.45, 2.75) is 39.7 Å². The Labute approximate surface area is 234 Å². The van der Waals surface area contributed by atoms with Crippen molar-refractivity contribution in [2.75, 3.05) is 29.6 Å². The van der Waals surface area contributed by atoms with Crippen LogP contribution in [0.25, 0.3) is 0 Å². The van der Waals surface area contributed by atoms with Crippen LogP contribution in [0, 0.1) is 0 Å². The number of unbranched alkanes of at least 4 members (excludes halogenated alkanes) is 1. The van der Waals surface area contributed by atoms with Gasteiger partial charge in [-0.2, -0.15) is 0 Å². The molecule has 210 valence electrons. The van der Waals surface area contributed by atoms with Crippen LogP contribution >= 0.6 is 0 Å². The number of benzene rings is 3. The molecule has 0 bridgehead atoms. The number of nitrogens with one attached hydrogen (secondary N) is 2. The standard InChI is InChI=1S/C31H35N3O6/c1-5-7-19-39-31(37)22-10-14-24(15-11-22)33-30(36)25-16-17-26(28(40-20(3)4)27(25)38-18-6-2)34-29(35)21-8-12-23(32)13-9-21/h6,8-17,20H,2,5,7,18-19,32H2,1,3-4H3,(H,33,36)(H,34,35). The minimum Gasteiger partial charge on any atom is -0.485 e. The third-order valence-electron chi connectivity index (χ3n) is 5.59. The molecule has 0 aromatic heterocycles. The summed E-state index contributed by atoms with van der Waals surface area (Å²) in [6.07, 6.45) is 2.97. The molecule has 40 heavy (non-hydrogen) atoms. The Balaban J connectivity index is 1.88. The number of hydrogen-bond donors (Lipinski definition) is 3. The number of esters is 1. The van der Waals surface area contributed by atoms with E-state index in [4.69, 9.17) is 19.9 Å². The van der Waals surface area contributed by atoms with Gasteiger partial charge in [0, 0.05) is 16.9 Å². The second-order valence-corrected chi connectivity index (χ2v) is 9.18. The lowest BCUT2D eigenvalue weighted by Gasteiger charge is -2.21. The van der Waals surface area contributed by atoms with E-state index in [1.807, 2.05) is 20.8 Å². The van der Waals surface area contributed by atoms with Gasteiger partial charge in [-0.25, -0.2) is 4.79 Å². The Morgan fingerprint density at radius 2 is 1.57 bits per heavy atom. The molecule has 0 spiro atoms. The molecule has 9 heteroatoms. The first-order chi connectivity index (χ1) is 19.2. The average molecular weight is 546 g/mol. The van der Waals surface area contributed by atoms with E-state index >= 15 is 0 Å². The summed E-state index contributed by atoms with van der Waals surface area (Å²) in [4.78, 5) is 38.4. The van der Waals surface area contributed by atoms with Crippen molar-refractivity contribution in [3.63, 3.8) is 0 Å². The fourth-order valence-corrected chi connectivity index (χ4v) is 3.59. The van der Waals surface area contributed by atoms with Crippen LogP contribution in [0.15, 0.2) is 73.3 Å². The molecule has 0 saturated heterocycles. The first kappa shape index (κ1) is 29.8. The molecule has 0 fully saturated rings. The van der Waals surface area contributed by atoms with E-state index in [-0.39, 0.29) is 35.7 Å². The lowest BCUT2D eigenvalue weighted by Crippen LogP contribution is -2.18. The van der Waals surface area contributed by atoms with E-state index in [1.54, 1.807) is 66.7 Å². The Morgan fingerprint density at radius 3 is 2.20 bits per heavy atom. The molecule has 0 aliphatic heterocycles. The maximum absolute atomic E-state index is 13.4. The quantitative estimate of drug-likeness (QED) is 0.103. The van der Waals surface area contributed by atoms with Crippen molar-refractivity contribution < 1.29 is 28.6 Å². The minimum atomic E-state index is -0.470. The fourth-order valence-electron chi connectivity index (χ4n) is 3.59. The molecular formula is C31H35N3O6. The molecule has 0 saturated carbocycles. The van der Waals surface area contributed by atoms with Gasteiger partial charge in [0.1, 0.15) is 6.61 Å². The van der Waals surface area contributed by atoms with Crippen LogP contribution in [0.1, 0.15) is 64.7 Å². The summed E-state index contributed by atoms with van der Waals surface area (Å²) in [6, 6.07) is 16.0. The summed E-state index contributed by atoms with van der Waals surface area (Å²) in [5.74, 6) is -0.912. The van der Waals surface area contributed by atoms with Gasteiger partial charge in [-0.05, 0) is 80.9 Å². The van der Waals surface area contributed by atoms with E-state index in [9.17, 15) is 14.4 Å². The highest BCUT2D eigenvalue weighted by molar-refractivity contribution is 6.09. The summed E-state index contributed by atoms with van der Waals surface area (Å²) in [5, 5.41) is 5.65. The Morgan fingerprint density at radius 1 is 0.900 bits per heavy atom. The number of carbonyl (C=O) groups excluding carboxylic acids is 3. The SMILES string of the molecule is C=CCOc1c(C(=O)Nc2ccc(C(=O)OCCCC)cc2)ccc(NC(=O)c2ccc(N)cc2)c1OC(C)C. The zero-order chi connectivity index (χ0) is 29.1.